The average molecular weight is 595 g/mol. The van der Waals surface area contributed by atoms with Crippen molar-refractivity contribution in [3.8, 4) is 11.4 Å². The van der Waals surface area contributed by atoms with Gasteiger partial charge in [-0.3, -0.25) is 10.1 Å². The van der Waals surface area contributed by atoms with E-state index in [0.29, 0.717) is 28.0 Å². The summed E-state index contributed by atoms with van der Waals surface area (Å²) in [6.07, 6.45) is 2.49. The number of carbonyl (C=O) groups is 2. The first-order chi connectivity index (χ1) is 19.5. The van der Waals surface area contributed by atoms with Gasteiger partial charge in [-0.1, -0.05) is 26.8 Å². The molecule has 0 atom stereocenters. The van der Waals surface area contributed by atoms with Crippen LogP contribution < -0.4 is 14.8 Å². The van der Waals surface area contributed by atoms with E-state index in [-0.39, 0.29) is 16.5 Å². The number of hydrogen-bond donors (Lipinski definition) is 2. The van der Waals surface area contributed by atoms with Crippen LogP contribution in [-0.4, -0.2) is 52.9 Å². The van der Waals surface area contributed by atoms with Crippen LogP contribution in [0.1, 0.15) is 63.3 Å². The van der Waals surface area contributed by atoms with Crippen molar-refractivity contribution < 1.29 is 27.5 Å². The summed E-state index contributed by atoms with van der Waals surface area (Å²) in [5, 5.41) is 7.25. The first-order valence-corrected chi connectivity index (χ1v) is 14.5. The topological polar surface area (TPSA) is 154 Å². The highest BCUT2D eigenvalue weighted by atomic mass is 32.2. The number of carbonyl (C=O) groups excluding carboxylic acids is 2. The minimum atomic E-state index is -4.40. The van der Waals surface area contributed by atoms with Crippen LogP contribution in [0, 0.1) is 6.92 Å². The zero-order valence-electron chi connectivity index (χ0n) is 24.8. The maximum atomic E-state index is 13.2. The molecule has 12 nitrogen and oxygen atoms in total. The average Bonchev–Trinajstić information content (AvgIpc) is 3.34. The van der Waals surface area contributed by atoms with Crippen molar-refractivity contribution in [3.05, 3.63) is 65.7 Å². The molecule has 0 aliphatic rings. The van der Waals surface area contributed by atoms with Gasteiger partial charge in [-0.05, 0) is 63.6 Å². The zero-order valence-corrected chi connectivity index (χ0v) is 25.6. The number of sulfonamides is 1. The van der Waals surface area contributed by atoms with E-state index in [0.717, 1.165) is 5.56 Å². The first kappa shape index (κ1) is 30.4. The van der Waals surface area contributed by atoms with Crippen LogP contribution in [0.3, 0.4) is 0 Å². The molecule has 0 bridgehead atoms. The molecule has 0 unspecified atom stereocenters. The van der Waals surface area contributed by atoms with E-state index in [4.69, 9.17) is 9.47 Å². The number of amides is 2. The number of aryl methyl sites for hydroxylation is 1. The summed E-state index contributed by atoms with van der Waals surface area (Å²) in [6, 6.07) is 9.91. The number of fused-ring (bicyclic) bond motifs is 1. The molecule has 0 aliphatic carbocycles. The summed E-state index contributed by atoms with van der Waals surface area (Å²) in [5.41, 5.74) is 1.61. The lowest BCUT2D eigenvalue weighted by Gasteiger charge is -2.19. The molecule has 222 valence electrons. The Bertz CT molecular complexity index is 1780. The molecule has 0 saturated carbocycles. The van der Waals surface area contributed by atoms with E-state index in [9.17, 15) is 18.0 Å². The van der Waals surface area contributed by atoms with E-state index in [1.807, 2.05) is 33.8 Å². The highest BCUT2D eigenvalue weighted by Gasteiger charge is 2.28. The standard InChI is InChI=1S/C29H34N6O6S/c1-17-9-12-21(35-16-18(15-30-35)31-27(37)41-29(5,6)7)19-10-11-20(32-24(17)19)25(36)34-42(38,39)26-22(40-8)13-14-23(33-26)28(2,3)4/h9-16H,1-8H3,(H,31,37)(H,34,36). The molecular formula is C29H34N6O6S. The lowest BCUT2D eigenvalue weighted by atomic mass is 9.92. The Morgan fingerprint density at radius 1 is 0.952 bits per heavy atom. The highest BCUT2D eigenvalue weighted by Crippen LogP contribution is 2.28. The van der Waals surface area contributed by atoms with Gasteiger partial charge < -0.3 is 9.47 Å². The predicted molar refractivity (Wildman–Crippen MR) is 158 cm³/mol. The van der Waals surface area contributed by atoms with Gasteiger partial charge in [-0.25, -0.2) is 24.2 Å². The minimum absolute atomic E-state index is 0.00927. The number of anilines is 1. The molecular weight excluding hydrogens is 560 g/mol. The highest BCUT2D eigenvalue weighted by molar-refractivity contribution is 7.90. The van der Waals surface area contributed by atoms with E-state index in [2.05, 4.69) is 25.1 Å². The predicted octanol–water partition coefficient (Wildman–Crippen LogP) is 4.90. The Hall–Kier alpha value is -4.52. The third-order valence-corrected chi connectivity index (χ3v) is 7.29. The van der Waals surface area contributed by atoms with E-state index < -0.39 is 33.0 Å². The molecule has 1 aromatic carbocycles. The van der Waals surface area contributed by atoms with Crippen molar-refractivity contribution in [2.45, 2.75) is 64.5 Å². The molecule has 2 amide bonds. The van der Waals surface area contributed by atoms with E-state index >= 15 is 0 Å². The molecule has 2 N–H and O–H groups in total. The van der Waals surface area contributed by atoms with Gasteiger partial charge in [0.2, 0.25) is 5.03 Å². The molecule has 0 aliphatic heterocycles. The van der Waals surface area contributed by atoms with Gasteiger partial charge in [0.15, 0.2) is 5.75 Å². The van der Waals surface area contributed by atoms with Crippen molar-refractivity contribution in [1.82, 2.24) is 24.5 Å². The largest absolute Gasteiger partial charge is 0.494 e. The molecule has 4 aromatic rings. The van der Waals surface area contributed by atoms with Gasteiger partial charge in [0.05, 0.1) is 36.4 Å². The molecule has 0 spiro atoms. The van der Waals surface area contributed by atoms with Gasteiger partial charge in [-0.2, -0.15) is 13.5 Å². The van der Waals surface area contributed by atoms with E-state index in [1.165, 1.54) is 25.4 Å². The van der Waals surface area contributed by atoms with Crippen LogP contribution in [0.2, 0.25) is 0 Å². The lowest BCUT2D eigenvalue weighted by molar-refractivity contribution is 0.0635. The fraction of sp³-hybridized carbons (Fsp3) is 0.345. The van der Waals surface area contributed by atoms with Crippen molar-refractivity contribution in [3.63, 3.8) is 0 Å². The lowest BCUT2D eigenvalue weighted by Crippen LogP contribution is -2.32. The second kappa shape index (κ2) is 11.0. The number of methoxy groups -OCH3 is 1. The second-order valence-corrected chi connectivity index (χ2v) is 13.3. The summed E-state index contributed by atoms with van der Waals surface area (Å²) < 4.78 is 40.6. The quantitative estimate of drug-likeness (QED) is 0.317. The SMILES string of the molecule is COc1ccc(C(C)(C)C)nc1S(=O)(=O)NC(=O)c1ccc2c(-n3cc(NC(=O)OC(C)(C)C)cn3)ccc(C)c2n1. The Morgan fingerprint density at radius 2 is 1.67 bits per heavy atom. The number of aromatic nitrogens is 4. The summed E-state index contributed by atoms with van der Waals surface area (Å²) in [4.78, 5) is 34.0. The van der Waals surface area contributed by atoms with Crippen molar-refractivity contribution in [1.29, 1.82) is 0 Å². The zero-order chi connectivity index (χ0) is 31.0. The first-order valence-electron chi connectivity index (χ1n) is 13.1. The van der Waals surface area contributed by atoms with Crippen molar-refractivity contribution in [2.24, 2.45) is 0 Å². The number of nitrogens with one attached hydrogen (secondary N) is 2. The third kappa shape index (κ3) is 6.68. The number of ether oxygens (including phenoxy) is 2. The molecule has 42 heavy (non-hydrogen) atoms. The van der Waals surface area contributed by atoms with Gasteiger partial charge >= 0.3 is 6.09 Å². The number of benzene rings is 1. The van der Waals surface area contributed by atoms with Gasteiger partial charge in [0.25, 0.3) is 15.9 Å². The Kier molecular flexibility index (Phi) is 8.00. The van der Waals surface area contributed by atoms with Gasteiger partial charge in [0, 0.05) is 16.5 Å². The molecule has 3 heterocycles. The Morgan fingerprint density at radius 3 is 2.31 bits per heavy atom. The summed E-state index contributed by atoms with van der Waals surface area (Å²) in [7, 11) is -3.07. The summed E-state index contributed by atoms with van der Waals surface area (Å²) in [6.45, 7) is 12.8. The maximum absolute atomic E-state index is 13.2. The fourth-order valence-electron chi connectivity index (χ4n) is 4.02. The number of pyridine rings is 2. The Labute approximate surface area is 244 Å². The summed E-state index contributed by atoms with van der Waals surface area (Å²) in [5.74, 6) is -0.912. The molecule has 0 saturated heterocycles. The molecule has 13 heteroatoms. The number of nitrogens with zero attached hydrogens (tertiary/aromatic N) is 4. The van der Waals surface area contributed by atoms with Crippen molar-refractivity contribution in [2.75, 3.05) is 12.4 Å². The fourth-order valence-corrected chi connectivity index (χ4v) is 5.10. The van der Waals surface area contributed by atoms with Gasteiger partial charge in [0.1, 0.15) is 11.3 Å². The number of rotatable bonds is 6. The second-order valence-electron chi connectivity index (χ2n) is 11.7. The van der Waals surface area contributed by atoms with Crippen LogP contribution in [0.15, 0.2) is 53.8 Å². The van der Waals surface area contributed by atoms with Crippen LogP contribution in [0.4, 0.5) is 10.5 Å². The maximum Gasteiger partial charge on any atom is 0.412 e. The van der Waals surface area contributed by atoms with Gasteiger partial charge in [-0.15, -0.1) is 0 Å². The van der Waals surface area contributed by atoms with E-state index in [1.54, 1.807) is 49.8 Å². The smallest absolute Gasteiger partial charge is 0.412 e. The van der Waals surface area contributed by atoms with Crippen LogP contribution >= 0.6 is 0 Å². The van der Waals surface area contributed by atoms with Crippen molar-refractivity contribution >= 4 is 38.6 Å². The molecule has 4 rings (SSSR count). The molecule has 0 fully saturated rings. The molecule has 3 aromatic heterocycles. The monoisotopic (exact) mass is 594 g/mol. The normalized spacial score (nSPS) is 12.2. The third-order valence-electron chi connectivity index (χ3n) is 6.04. The Balaban J connectivity index is 1.63. The number of hydrogen-bond acceptors (Lipinski definition) is 9. The summed E-state index contributed by atoms with van der Waals surface area (Å²) >= 11 is 0. The minimum Gasteiger partial charge on any atom is -0.494 e. The molecule has 0 radical (unpaired) electrons. The van der Waals surface area contributed by atoms with Crippen LogP contribution in [-0.2, 0) is 20.2 Å². The van der Waals surface area contributed by atoms with Crippen LogP contribution in [0.5, 0.6) is 5.75 Å². The van der Waals surface area contributed by atoms with Crippen LogP contribution in [0.25, 0.3) is 16.6 Å².